The van der Waals surface area contributed by atoms with Gasteiger partial charge in [0, 0.05) is 16.9 Å². The Hall–Kier alpha value is -1.94. The molecule has 0 radical (unpaired) electrons. The molecule has 0 atom stereocenters. The molecular formula is C15H15FN2S. The lowest BCUT2D eigenvalue weighted by molar-refractivity contribution is 0.628. The second kappa shape index (κ2) is 5.36. The molecule has 98 valence electrons. The molecule has 0 amide bonds. The van der Waals surface area contributed by atoms with Crippen LogP contribution >= 0.6 is 12.2 Å². The minimum absolute atomic E-state index is 0.173. The first-order valence-electron chi connectivity index (χ1n) is 5.90. The first-order valence-corrected chi connectivity index (χ1v) is 6.31. The molecule has 0 aromatic heterocycles. The Kier molecular flexibility index (Phi) is 3.81. The molecule has 2 rings (SSSR count). The van der Waals surface area contributed by atoms with E-state index in [-0.39, 0.29) is 10.8 Å². The lowest BCUT2D eigenvalue weighted by Gasteiger charge is -2.12. The van der Waals surface area contributed by atoms with Crippen molar-refractivity contribution < 1.29 is 4.39 Å². The summed E-state index contributed by atoms with van der Waals surface area (Å²) in [6.07, 6.45) is 0. The van der Waals surface area contributed by atoms with Crippen molar-refractivity contribution in [1.29, 1.82) is 0 Å². The van der Waals surface area contributed by atoms with Crippen LogP contribution in [-0.2, 0) is 0 Å². The number of hydrogen-bond acceptors (Lipinski definition) is 2. The predicted octanol–water partition coefficient (Wildman–Crippen LogP) is 3.82. The topological polar surface area (TPSA) is 38.0 Å². The maximum absolute atomic E-state index is 13.2. The molecule has 0 spiro atoms. The van der Waals surface area contributed by atoms with E-state index < -0.39 is 0 Å². The fraction of sp³-hybridized carbons (Fsp3) is 0.133. The maximum atomic E-state index is 13.2. The van der Waals surface area contributed by atoms with Gasteiger partial charge in [0.2, 0.25) is 0 Å². The first kappa shape index (κ1) is 13.5. The number of anilines is 2. The number of benzene rings is 2. The highest BCUT2D eigenvalue weighted by Gasteiger charge is 2.07. The zero-order chi connectivity index (χ0) is 14.0. The summed E-state index contributed by atoms with van der Waals surface area (Å²) < 4.78 is 13.2. The number of halogens is 1. The van der Waals surface area contributed by atoms with Crippen LogP contribution in [0.4, 0.5) is 15.8 Å². The molecule has 0 aliphatic heterocycles. The zero-order valence-corrected chi connectivity index (χ0v) is 11.6. The molecule has 3 N–H and O–H groups in total. The lowest BCUT2D eigenvalue weighted by atomic mass is 10.1. The number of aryl methyl sites for hydroxylation is 2. The minimum atomic E-state index is -0.353. The van der Waals surface area contributed by atoms with E-state index in [4.69, 9.17) is 18.0 Å². The number of rotatable bonds is 3. The van der Waals surface area contributed by atoms with Gasteiger partial charge in [0.25, 0.3) is 0 Å². The molecule has 19 heavy (non-hydrogen) atoms. The Morgan fingerprint density at radius 2 is 1.74 bits per heavy atom. The van der Waals surface area contributed by atoms with Crippen molar-refractivity contribution in [1.82, 2.24) is 0 Å². The molecule has 2 aromatic rings. The summed E-state index contributed by atoms with van der Waals surface area (Å²) in [6.45, 7) is 4.05. The van der Waals surface area contributed by atoms with Crippen LogP contribution in [0.25, 0.3) is 0 Å². The van der Waals surface area contributed by atoms with E-state index in [1.54, 1.807) is 6.07 Å². The highest BCUT2D eigenvalue weighted by Crippen LogP contribution is 2.23. The second-order valence-electron chi connectivity index (χ2n) is 4.56. The average molecular weight is 274 g/mol. The Morgan fingerprint density at radius 3 is 2.32 bits per heavy atom. The molecule has 0 heterocycles. The number of thiocarbonyl (C=S) groups is 1. The van der Waals surface area contributed by atoms with Crippen molar-refractivity contribution in [2.75, 3.05) is 5.32 Å². The fourth-order valence-corrected chi connectivity index (χ4v) is 2.20. The van der Waals surface area contributed by atoms with Crippen LogP contribution in [-0.4, -0.2) is 4.99 Å². The summed E-state index contributed by atoms with van der Waals surface area (Å²) in [5, 5.41) is 3.23. The largest absolute Gasteiger partial charge is 0.389 e. The molecule has 2 nitrogen and oxygen atoms in total. The molecule has 0 unspecified atom stereocenters. The number of nitrogens with one attached hydrogen (secondary N) is 1. The Morgan fingerprint density at radius 1 is 1.11 bits per heavy atom. The third kappa shape index (κ3) is 3.29. The summed E-state index contributed by atoms with van der Waals surface area (Å²) in [5.74, 6) is -0.353. The van der Waals surface area contributed by atoms with Crippen molar-refractivity contribution >= 4 is 28.6 Å². The summed E-state index contributed by atoms with van der Waals surface area (Å²) >= 11 is 4.95. The fourth-order valence-electron chi connectivity index (χ4n) is 2.03. The molecule has 0 saturated heterocycles. The Labute approximate surface area is 117 Å². The summed E-state index contributed by atoms with van der Waals surface area (Å²) in [6, 6.07) is 10.5. The predicted molar refractivity (Wildman–Crippen MR) is 81.5 cm³/mol. The van der Waals surface area contributed by atoms with Crippen molar-refractivity contribution in [2.45, 2.75) is 13.8 Å². The normalized spacial score (nSPS) is 10.3. The van der Waals surface area contributed by atoms with Gasteiger partial charge in [-0.1, -0.05) is 18.3 Å². The highest BCUT2D eigenvalue weighted by atomic mass is 32.1. The molecule has 4 heteroatoms. The SMILES string of the molecule is Cc1cc(C)cc(Nc2ccc(F)cc2C(N)=S)c1. The van der Waals surface area contributed by atoms with E-state index >= 15 is 0 Å². The van der Waals surface area contributed by atoms with E-state index in [2.05, 4.69) is 11.4 Å². The third-order valence-corrected chi connectivity index (χ3v) is 2.97. The van der Waals surface area contributed by atoms with Gasteiger partial charge in [0.05, 0.1) is 0 Å². The van der Waals surface area contributed by atoms with Crippen LogP contribution in [0, 0.1) is 19.7 Å². The van der Waals surface area contributed by atoms with Crippen molar-refractivity contribution in [2.24, 2.45) is 5.73 Å². The van der Waals surface area contributed by atoms with E-state index in [1.807, 2.05) is 26.0 Å². The van der Waals surface area contributed by atoms with Crippen molar-refractivity contribution in [3.63, 3.8) is 0 Å². The van der Waals surface area contributed by atoms with Crippen LogP contribution in [0.3, 0.4) is 0 Å². The van der Waals surface area contributed by atoms with E-state index in [0.29, 0.717) is 11.3 Å². The quantitative estimate of drug-likeness (QED) is 0.836. The van der Waals surface area contributed by atoms with E-state index in [1.165, 1.54) is 12.1 Å². The third-order valence-electron chi connectivity index (χ3n) is 2.75. The van der Waals surface area contributed by atoms with Gasteiger partial charge in [-0.3, -0.25) is 0 Å². The van der Waals surface area contributed by atoms with Crippen LogP contribution < -0.4 is 11.1 Å². The number of hydrogen-bond donors (Lipinski definition) is 2. The molecule has 0 aliphatic carbocycles. The summed E-state index contributed by atoms with van der Waals surface area (Å²) in [7, 11) is 0. The smallest absolute Gasteiger partial charge is 0.124 e. The van der Waals surface area contributed by atoms with Gasteiger partial charge in [-0.25, -0.2) is 4.39 Å². The van der Waals surface area contributed by atoms with Crippen LogP contribution in [0.5, 0.6) is 0 Å². The summed E-state index contributed by atoms with van der Waals surface area (Å²) in [5.41, 5.74) is 10.1. The monoisotopic (exact) mass is 274 g/mol. The van der Waals surface area contributed by atoms with Crippen LogP contribution in [0.15, 0.2) is 36.4 Å². The molecular weight excluding hydrogens is 259 g/mol. The Bertz CT molecular complexity index is 618. The Balaban J connectivity index is 2.40. The lowest BCUT2D eigenvalue weighted by Crippen LogP contribution is -2.12. The molecule has 0 saturated carbocycles. The maximum Gasteiger partial charge on any atom is 0.124 e. The number of nitrogens with two attached hydrogens (primary N) is 1. The second-order valence-corrected chi connectivity index (χ2v) is 5.00. The standard InChI is InChI=1S/C15H15FN2S/c1-9-5-10(2)7-12(6-9)18-14-4-3-11(16)8-13(14)15(17)19/h3-8,18H,1-2H3,(H2,17,19). The van der Waals surface area contributed by atoms with Gasteiger partial charge in [0.1, 0.15) is 10.8 Å². The van der Waals surface area contributed by atoms with Crippen LogP contribution in [0.2, 0.25) is 0 Å². The molecule has 2 aromatic carbocycles. The van der Waals surface area contributed by atoms with E-state index in [9.17, 15) is 4.39 Å². The van der Waals surface area contributed by atoms with Gasteiger partial charge >= 0.3 is 0 Å². The first-order chi connectivity index (χ1) is 8.95. The van der Waals surface area contributed by atoms with Crippen molar-refractivity contribution in [3.05, 3.63) is 58.9 Å². The summed E-state index contributed by atoms with van der Waals surface area (Å²) in [4.78, 5) is 0.173. The van der Waals surface area contributed by atoms with Gasteiger partial charge < -0.3 is 11.1 Å². The van der Waals surface area contributed by atoms with E-state index in [0.717, 1.165) is 16.8 Å². The van der Waals surface area contributed by atoms with Gasteiger partial charge in [0.15, 0.2) is 0 Å². The molecule has 0 fully saturated rings. The van der Waals surface area contributed by atoms with Gasteiger partial charge in [-0.2, -0.15) is 0 Å². The average Bonchev–Trinajstić information content (AvgIpc) is 2.30. The molecule has 0 bridgehead atoms. The van der Waals surface area contributed by atoms with Gasteiger partial charge in [-0.15, -0.1) is 0 Å². The van der Waals surface area contributed by atoms with Crippen molar-refractivity contribution in [3.8, 4) is 0 Å². The van der Waals surface area contributed by atoms with Crippen LogP contribution in [0.1, 0.15) is 16.7 Å². The minimum Gasteiger partial charge on any atom is -0.389 e. The van der Waals surface area contributed by atoms with Gasteiger partial charge in [-0.05, 0) is 55.3 Å². The highest BCUT2D eigenvalue weighted by molar-refractivity contribution is 7.80. The zero-order valence-electron chi connectivity index (χ0n) is 10.8. The molecule has 0 aliphatic rings.